The number of benzene rings is 1. The number of aromatic nitrogens is 1. The number of carbonyl (C=O) groups excluding carboxylic acids is 1. The van der Waals surface area contributed by atoms with E-state index in [1.165, 1.54) is 0 Å². The van der Waals surface area contributed by atoms with E-state index < -0.39 is 5.97 Å². The fourth-order valence-corrected chi connectivity index (χ4v) is 3.12. The number of nitrogens with zero attached hydrogens (tertiary/aromatic N) is 1. The van der Waals surface area contributed by atoms with Crippen molar-refractivity contribution in [3.8, 4) is 0 Å². The molecule has 0 atom stereocenters. The molecule has 25 heavy (non-hydrogen) atoms. The van der Waals surface area contributed by atoms with E-state index in [2.05, 4.69) is 5.32 Å². The quantitative estimate of drug-likeness (QED) is 0.682. The molecule has 5 heteroatoms. The Hall–Kier alpha value is -2.56. The molecule has 1 heterocycles. The van der Waals surface area contributed by atoms with Gasteiger partial charge in [0.05, 0.1) is 0 Å². The normalized spacial score (nSPS) is 10.7. The summed E-state index contributed by atoms with van der Waals surface area (Å²) in [6, 6.07) is 9.46. The summed E-state index contributed by atoms with van der Waals surface area (Å²) in [7, 11) is 1.95. The molecule has 0 radical (unpaired) electrons. The molecular formula is C20H26N2O3. The highest BCUT2D eigenvalue weighted by atomic mass is 16.4. The average Bonchev–Trinajstić information content (AvgIpc) is 2.90. The van der Waals surface area contributed by atoms with Gasteiger partial charge in [0, 0.05) is 48.2 Å². The maximum atomic E-state index is 13.0. The third kappa shape index (κ3) is 4.50. The zero-order valence-corrected chi connectivity index (χ0v) is 15.1. The van der Waals surface area contributed by atoms with Gasteiger partial charge in [0.25, 0.3) is 0 Å². The van der Waals surface area contributed by atoms with Crippen molar-refractivity contribution in [1.29, 1.82) is 0 Å². The summed E-state index contributed by atoms with van der Waals surface area (Å²) in [5.74, 6) is -0.779. The smallest absolute Gasteiger partial charge is 0.303 e. The molecule has 2 N–H and O–H groups in total. The summed E-state index contributed by atoms with van der Waals surface area (Å²) < 4.78 is 2.03. The van der Waals surface area contributed by atoms with Gasteiger partial charge in [-0.15, -0.1) is 0 Å². The Balaban J connectivity index is 2.29. The molecule has 134 valence electrons. The summed E-state index contributed by atoms with van der Waals surface area (Å²) in [5, 5.41) is 12.0. The predicted octanol–water partition coefficient (Wildman–Crippen LogP) is 3.66. The number of nitrogens with one attached hydrogen (secondary N) is 1. The minimum absolute atomic E-state index is 0.0108. The molecule has 0 fully saturated rings. The van der Waals surface area contributed by atoms with Gasteiger partial charge in [0.15, 0.2) is 5.78 Å². The molecule has 0 saturated heterocycles. The maximum absolute atomic E-state index is 13.0. The lowest BCUT2D eigenvalue weighted by Gasteiger charge is -2.08. The molecule has 5 nitrogen and oxygen atoms in total. The Labute approximate surface area is 148 Å². The lowest BCUT2D eigenvalue weighted by atomic mass is 10.0. The minimum atomic E-state index is -0.790. The van der Waals surface area contributed by atoms with E-state index in [-0.39, 0.29) is 12.2 Å². The van der Waals surface area contributed by atoms with Crippen LogP contribution in [0.25, 0.3) is 0 Å². The van der Waals surface area contributed by atoms with Crippen molar-refractivity contribution in [2.24, 2.45) is 7.05 Å². The lowest BCUT2D eigenvalue weighted by molar-refractivity contribution is -0.137. The van der Waals surface area contributed by atoms with Crippen molar-refractivity contribution >= 4 is 17.4 Å². The zero-order chi connectivity index (χ0) is 18.4. The Morgan fingerprint density at radius 3 is 2.60 bits per heavy atom. The lowest BCUT2D eigenvalue weighted by Crippen LogP contribution is -2.07. The van der Waals surface area contributed by atoms with Crippen LogP contribution in [0.3, 0.4) is 0 Å². The van der Waals surface area contributed by atoms with Crippen LogP contribution >= 0.6 is 0 Å². The van der Waals surface area contributed by atoms with Crippen LogP contribution in [0.1, 0.15) is 54.0 Å². The van der Waals surface area contributed by atoms with Crippen LogP contribution in [0.15, 0.2) is 30.3 Å². The highest BCUT2D eigenvalue weighted by molar-refractivity contribution is 6.10. The Bertz CT molecular complexity index is 762. The molecule has 1 aromatic heterocycles. The fourth-order valence-electron chi connectivity index (χ4n) is 3.12. The van der Waals surface area contributed by atoms with Gasteiger partial charge in [-0.2, -0.15) is 0 Å². The van der Waals surface area contributed by atoms with Crippen LogP contribution in [0.5, 0.6) is 0 Å². The van der Waals surface area contributed by atoms with Gasteiger partial charge >= 0.3 is 5.97 Å². The summed E-state index contributed by atoms with van der Waals surface area (Å²) >= 11 is 0. The molecule has 1 aromatic carbocycles. The summed E-state index contributed by atoms with van der Waals surface area (Å²) in [4.78, 5) is 23.7. The zero-order valence-electron chi connectivity index (χ0n) is 15.1. The van der Waals surface area contributed by atoms with Crippen LogP contribution in [-0.4, -0.2) is 28.0 Å². The second kappa shape index (κ2) is 8.51. The monoisotopic (exact) mass is 342 g/mol. The number of carboxylic acid groups (broad SMARTS) is 1. The molecule has 0 bridgehead atoms. The standard InChI is InChI=1S/C20H26N2O3/c1-4-18-17(13-16(22(18)3)10-7-11-19(23)24)20(25)14-8-6-9-15(12-14)21-5-2/h6,8-9,12-13,21H,4-5,7,10-11H2,1-3H3,(H,23,24). The van der Waals surface area contributed by atoms with Crippen molar-refractivity contribution in [2.45, 2.75) is 39.5 Å². The van der Waals surface area contributed by atoms with E-state index >= 15 is 0 Å². The van der Waals surface area contributed by atoms with Crippen LogP contribution in [0, 0.1) is 0 Å². The van der Waals surface area contributed by atoms with Crippen molar-refractivity contribution in [2.75, 3.05) is 11.9 Å². The summed E-state index contributed by atoms with van der Waals surface area (Å²) in [6.07, 6.45) is 2.12. The molecule has 0 unspecified atom stereocenters. The second-order valence-electron chi connectivity index (χ2n) is 6.10. The third-order valence-electron chi connectivity index (χ3n) is 4.37. The summed E-state index contributed by atoms with van der Waals surface area (Å²) in [6.45, 7) is 4.85. The minimum Gasteiger partial charge on any atom is -0.481 e. The number of rotatable bonds is 9. The van der Waals surface area contributed by atoms with Gasteiger partial charge in [-0.25, -0.2) is 0 Å². The van der Waals surface area contributed by atoms with Crippen LogP contribution in [-0.2, 0) is 24.7 Å². The first-order chi connectivity index (χ1) is 12.0. The third-order valence-corrected chi connectivity index (χ3v) is 4.37. The number of hydrogen-bond donors (Lipinski definition) is 2. The number of hydrogen-bond acceptors (Lipinski definition) is 3. The number of carbonyl (C=O) groups is 2. The van der Waals surface area contributed by atoms with E-state index in [1.54, 1.807) is 0 Å². The van der Waals surface area contributed by atoms with Crippen LogP contribution < -0.4 is 5.32 Å². The number of aryl methyl sites for hydroxylation is 1. The number of aliphatic carboxylic acids is 1. The van der Waals surface area contributed by atoms with Gasteiger partial charge in [-0.1, -0.05) is 19.1 Å². The molecule has 2 aromatic rings. The van der Waals surface area contributed by atoms with Gasteiger partial charge in [0.1, 0.15) is 0 Å². The average molecular weight is 342 g/mol. The molecule has 0 amide bonds. The first-order valence-corrected chi connectivity index (χ1v) is 8.75. The molecule has 0 aliphatic heterocycles. The predicted molar refractivity (Wildman–Crippen MR) is 99.4 cm³/mol. The highest BCUT2D eigenvalue weighted by Crippen LogP contribution is 2.22. The van der Waals surface area contributed by atoms with Crippen LogP contribution in [0.4, 0.5) is 5.69 Å². The molecule has 0 spiro atoms. The highest BCUT2D eigenvalue weighted by Gasteiger charge is 2.19. The molecule has 0 aliphatic rings. The molecule has 2 rings (SSSR count). The Kier molecular flexibility index (Phi) is 6.39. The molecular weight excluding hydrogens is 316 g/mol. The molecule has 0 saturated carbocycles. The summed E-state index contributed by atoms with van der Waals surface area (Å²) in [5.41, 5.74) is 4.30. The number of anilines is 1. The fraction of sp³-hybridized carbons (Fsp3) is 0.400. The SMILES string of the molecule is CCNc1cccc(C(=O)c2cc(CCCC(=O)O)n(C)c2CC)c1. The maximum Gasteiger partial charge on any atom is 0.303 e. The largest absolute Gasteiger partial charge is 0.481 e. The van der Waals surface area contributed by atoms with Crippen LogP contribution in [0.2, 0.25) is 0 Å². The second-order valence-corrected chi connectivity index (χ2v) is 6.10. The molecule has 0 aliphatic carbocycles. The Morgan fingerprint density at radius 2 is 1.96 bits per heavy atom. The van der Waals surface area contributed by atoms with Crippen molar-refractivity contribution in [3.63, 3.8) is 0 Å². The van der Waals surface area contributed by atoms with E-state index in [9.17, 15) is 9.59 Å². The van der Waals surface area contributed by atoms with Crippen molar-refractivity contribution < 1.29 is 14.7 Å². The first kappa shape index (κ1) is 18.8. The first-order valence-electron chi connectivity index (χ1n) is 8.75. The van der Waals surface area contributed by atoms with Gasteiger partial charge < -0.3 is 15.0 Å². The van der Waals surface area contributed by atoms with E-state index in [1.807, 2.05) is 55.8 Å². The van der Waals surface area contributed by atoms with Crippen molar-refractivity contribution in [3.05, 3.63) is 52.8 Å². The van der Waals surface area contributed by atoms with E-state index in [0.717, 1.165) is 30.0 Å². The number of ketones is 1. The topological polar surface area (TPSA) is 71.3 Å². The van der Waals surface area contributed by atoms with Gasteiger partial charge in [-0.3, -0.25) is 9.59 Å². The van der Waals surface area contributed by atoms with Crippen molar-refractivity contribution in [1.82, 2.24) is 4.57 Å². The van der Waals surface area contributed by atoms with E-state index in [4.69, 9.17) is 5.11 Å². The Morgan fingerprint density at radius 1 is 1.20 bits per heavy atom. The number of carboxylic acids is 1. The van der Waals surface area contributed by atoms with E-state index in [0.29, 0.717) is 24.0 Å². The van der Waals surface area contributed by atoms with Gasteiger partial charge in [-0.05, 0) is 44.4 Å². The van der Waals surface area contributed by atoms with Gasteiger partial charge in [0.2, 0.25) is 0 Å².